The largest absolute Gasteiger partial charge is 0.394 e. The number of allylic oxidation sites excluding steroid dienone is 12. The van der Waals surface area contributed by atoms with Crippen LogP contribution in [0.1, 0.15) is 322 Å². The Morgan fingerprint density at radius 1 is 0.432 bits per heavy atom. The smallest absolute Gasteiger partial charge is 0.220 e. The molecule has 0 aromatic heterocycles. The van der Waals surface area contributed by atoms with E-state index in [4.69, 9.17) is 9.47 Å². The van der Waals surface area contributed by atoms with Crippen LogP contribution in [0, 0.1) is 0 Å². The van der Waals surface area contributed by atoms with E-state index in [0.717, 1.165) is 77.0 Å². The summed E-state index contributed by atoms with van der Waals surface area (Å²) in [6, 6.07) is -0.720. The lowest BCUT2D eigenvalue weighted by atomic mass is 9.99. The van der Waals surface area contributed by atoms with E-state index in [-0.39, 0.29) is 12.5 Å². The van der Waals surface area contributed by atoms with E-state index in [9.17, 15) is 30.3 Å². The first kappa shape index (κ1) is 76.6. The standard InChI is InChI=1S/C72H131NO8/c1-3-5-7-9-11-13-15-17-19-21-23-24-25-26-27-28-29-30-31-32-33-34-35-36-37-38-39-40-41-42-44-46-48-50-52-54-56-58-60-62-68(76)73-65(64-80-72-71(79)70(78)69(77)67(63-74)81-72)66(75)61-59-57-55-53-51-49-47-45-43-22-20-18-16-14-12-10-8-6-4-2/h5,7,11,13,17,19,23-24,26-27,29-30,65-67,69-72,74-75,77-79H,3-4,6,8-10,12,14-16,18,20-22,25,28,31-64H2,1-2H3,(H,73,76)/b7-5-,13-11-,19-17-,24-23-,27-26-,30-29-. The van der Waals surface area contributed by atoms with Crippen LogP contribution in [-0.4, -0.2) is 87.5 Å². The fraction of sp³-hybridized carbons (Fsp3) is 0.819. The highest BCUT2D eigenvalue weighted by Gasteiger charge is 2.44. The number of carbonyl (C=O) groups is 1. The van der Waals surface area contributed by atoms with Gasteiger partial charge in [-0.3, -0.25) is 4.79 Å². The molecule has 1 saturated heterocycles. The van der Waals surface area contributed by atoms with E-state index in [2.05, 4.69) is 92.1 Å². The molecule has 7 unspecified atom stereocenters. The monoisotopic (exact) mass is 1140 g/mol. The topological polar surface area (TPSA) is 149 Å². The van der Waals surface area contributed by atoms with Crippen LogP contribution in [-0.2, 0) is 14.3 Å². The predicted molar refractivity (Wildman–Crippen MR) is 345 cm³/mol. The third-order valence-corrected chi connectivity index (χ3v) is 16.3. The number of aliphatic hydroxyl groups excluding tert-OH is 5. The van der Waals surface area contributed by atoms with Crippen LogP contribution in [0.3, 0.4) is 0 Å². The molecule has 1 aliphatic heterocycles. The summed E-state index contributed by atoms with van der Waals surface area (Å²) >= 11 is 0. The number of amides is 1. The number of rotatable bonds is 60. The third-order valence-electron chi connectivity index (χ3n) is 16.3. The first-order valence-electron chi connectivity index (χ1n) is 34.6. The zero-order chi connectivity index (χ0) is 58.6. The summed E-state index contributed by atoms with van der Waals surface area (Å²) in [4.78, 5) is 13.1. The van der Waals surface area contributed by atoms with Gasteiger partial charge in [-0.1, -0.05) is 324 Å². The van der Waals surface area contributed by atoms with Crippen molar-refractivity contribution >= 4 is 5.91 Å². The molecule has 472 valence electrons. The van der Waals surface area contributed by atoms with E-state index in [1.54, 1.807) is 0 Å². The highest BCUT2D eigenvalue weighted by molar-refractivity contribution is 5.76. The lowest BCUT2D eigenvalue weighted by molar-refractivity contribution is -0.302. The van der Waals surface area contributed by atoms with Crippen LogP contribution in [0.25, 0.3) is 0 Å². The van der Waals surface area contributed by atoms with Crippen molar-refractivity contribution in [3.05, 3.63) is 72.9 Å². The molecule has 9 nitrogen and oxygen atoms in total. The maximum atomic E-state index is 13.1. The van der Waals surface area contributed by atoms with Crippen LogP contribution in [0.5, 0.6) is 0 Å². The Balaban J connectivity index is 2.07. The van der Waals surface area contributed by atoms with E-state index >= 15 is 0 Å². The van der Waals surface area contributed by atoms with Gasteiger partial charge < -0.3 is 40.3 Å². The van der Waals surface area contributed by atoms with Gasteiger partial charge in [0.05, 0.1) is 25.4 Å². The highest BCUT2D eigenvalue weighted by atomic mass is 16.7. The van der Waals surface area contributed by atoms with Crippen molar-refractivity contribution < 1.29 is 39.8 Å². The zero-order valence-electron chi connectivity index (χ0n) is 52.8. The SMILES string of the molecule is CC/C=C\C/C=C\C/C=C\C/C=C\C/C=C\C/C=C\CCCCCCCCCCCCCCCCCCCCCCC(=O)NC(COC1OC(CO)C(O)C(O)C1O)C(O)CCCCCCCCCCCCCCCCCCCCC. The van der Waals surface area contributed by atoms with Gasteiger partial charge >= 0.3 is 0 Å². The maximum Gasteiger partial charge on any atom is 0.220 e. The number of ether oxygens (including phenoxy) is 2. The van der Waals surface area contributed by atoms with Crippen molar-refractivity contribution in [2.75, 3.05) is 13.2 Å². The second-order valence-corrected chi connectivity index (χ2v) is 23.9. The molecule has 0 aromatic carbocycles. The van der Waals surface area contributed by atoms with Gasteiger partial charge in [0.1, 0.15) is 24.4 Å². The van der Waals surface area contributed by atoms with Crippen LogP contribution in [0.4, 0.5) is 0 Å². The summed E-state index contributed by atoms with van der Waals surface area (Å²) in [6.45, 7) is 3.76. The Kier molecular flexibility index (Phi) is 57.5. The molecule has 0 aromatic rings. The molecule has 6 N–H and O–H groups in total. The molecule has 0 saturated carbocycles. The second kappa shape index (κ2) is 60.7. The van der Waals surface area contributed by atoms with Gasteiger partial charge in [-0.2, -0.15) is 0 Å². The van der Waals surface area contributed by atoms with E-state index < -0.39 is 49.5 Å². The molecule has 0 spiro atoms. The number of nitrogens with one attached hydrogen (secondary N) is 1. The van der Waals surface area contributed by atoms with E-state index in [0.29, 0.717) is 12.8 Å². The first-order chi connectivity index (χ1) is 39.8. The molecule has 9 heteroatoms. The van der Waals surface area contributed by atoms with Gasteiger partial charge in [-0.15, -0.1) is 0 Å². The van der Waals surface area contributed by atoms with Gasteiger partial charge in [0.25, 0.3) is 0 Å². The molecule has 1 fully saturated rings. The van der Waals surface area contributed by atoms with Crippen molar-refractivity contribution in [1.29, 1.82) is 0 Å². The van der Waals surface area contributed by atoms with Crippen molar-refractivity contribution in [3.63, 3.8) is 0 Å². The van der Waals surface area contributed by atoms with Crippen molar-refractivity contribution in [2.24, 2.45) is 0 Å². The zero-order valence-corrected chi connectivity index (χ0v) is 52.8. The van der Waals surface area contributed by atoms with Crippen LogP contribution in [0.2, 0.25) is 0 Å². The van der Waals surface area contributed by atoms with Crippen LogP contribution < -0.4 is 5.32 Å². The van der Waals surface area contributed by atoms with Gasteiger partial charge in [0, 0.05) is 6.42 Å². The fourth-order valence-corrected chi connectivity index (χ4v) is 10.9. The Bertz CT molecular complexity index is 1510. The van der Waals surface area contributed by atoms with E-state index in [1.165, 1.54) is 218 Å². The molecule has 7 atom stereocenters. The van der Waals surface area contributed by atoms with Gasteiger partial charge in [-0.25, -0.2) is 0 Å². The summed E-state index contributed by atoms with van der Waals surface area (Å²) in [5, 5.41) is 54.9. The Morgan fingerprint density at radius 2 is 0.765 bits per heavy atom. The van der Waals surface area contributed by atoms with Crippen LogP contribution >= 0.6 is 0 Å². The first-order valence-corrected chi connectivity index (χ1v) is 34.6. The summed E-state index contributed by atoms with van der Waals surface area (Å²) in [6.07, 6.45) is 78.2. The van der Waals surface area contributed by atoms with Gasteiger partial charge in [-0.05, 0) is 64.2 Å². The Hall–Kier alpha value is -2.37. The minimum Gasteiger partial charge on any atom is -0.394 e. The predicted octanol–water partition coefficient (Wildman–Crippen LogP) is 18.8. The summed E-state index contributed by atoms with van der Waals surface area (Å²) < 4.78 is 11.4. The molecule has 1 amide bonds. The number of hydrogen-bond donors (Lipinski definition) is 6. The minimum absolute atomic E-state index is 0.136. The molecule has 1 aliphatic rings. The summed E-state index contributed by atoms with van der Waals surface area (Å²) in [7, 11) is 0. The quantitative estimate of drug-likeness (QED) is 0.0261. The molecule has 0 radical (unpaired) electrons. The number of hydrogen-bond acceptors (Lipinski definition) is 8. The molecule has 0 bridgehead atoms. The normalized spacial score (nSPS) is 18.8. The summed E-state index contributed by atoms with van der Waals surface area (Å²) in [5.41, 5.74) is 0. The average molecular weight is 1140 g/mol. The Labute approximate surface area is 499 Å². The van der Waals surface area contributed by atoms with Crippen molar-refractivity contribution in [1.82, 2.24) is 5.32 Å². The lowest BCUT2D eigenvalue weighted by Crippen LogP contribution is -2.60. The minimum atomic E-state index is -1.55. The van der Waals surface area contributed by atoms with Gasteiger partial charge in [0.2, 0.25) is 5.91 Å². The highest BCUT2D eigenvalue weighted by Crippen LogP contribution is 2.24. The van der Waals surface area contributed by atoms with Crippen LogP contribution in [0.15, 0.2) is 72.9 Å². The molecule has 81 heavy (non-hydrogen) atoms. The molecule has 1 rings (SSSR count). The molecular weight excluding hydrogens is 1010 g/mol. The average Bonchev–Trinajstić information content (AvgIpc) is 3.48. The summed E-state index contributed by atoms with van der Waals surface area (Å²) in [5.74, 6) is -0.140. The molecule has 1 heterocycles. The number of carbonyl (C=O) groups excluding carboxylic acids is 1. The molecular formula is C72H131NO8. The van der Waals surface area contributed by atoms with Crippen molar-refractivity contribution in [2.45, 2.75) is 365 Å². The Morgan fingerprint density at radius 3 is 1.14 bits per heavy atom. The molecule has 0 aliphatic carbocycles. The van der Waals surface area contributed by atoms with Gasteiger partial charge in [0.15, 0.2) is 6.29 Å². The number of unbranched alkanes of at least 4 members (excludes halogenated alkanes) is 38. The maximum absolute atomic E-state index is 13.1. The van der Waals surface area contributed by atoms with Crippen molar-refractivity contribution in [3.8, 4) is 0 Å². The lowest BCUT2D eigenvalue weighted by Gasteiger charge is -2.40. The fourth-order valence-electron chi connectivity index (χ4n) is 10.9. The van der Waals surface area contributed by atoms with E-state index in [1.807, 2.05) is 0 Å². The number of aliphatic hydroxyl groups is 5. The second-order valence-electron chi connectivity index (χ2n) is 23.9. The third kappa shape index (κ3) is 49.6.